The third-order valence-corrected chi connectivity index (χ3v) is 2.88. The Kier molecular flexibility index (Phi) is 2.79. The van der Waals surface area contributed by atoms with Crippen LogP contribution in [0.1, 0.15) is 0 Å². The number of nitrogens with zero attached hydrogens (tertiary/aromatic N) is 4. The highest BCUT2D eigenvalue weighted by atomic mass is 16.6. The summed E-state index contributed by atoms with van der Waals surface area (Å²) in [7, 11) is 0. The van der Waals surface area contributed by atoms with Crippen LogP contribution in [0.15, 0.2) is 46.4 Å². The second kappa shape index (κ2) is 4.63. The molecule has 21 heavy (non-hydrogen) atoms. The Bertz CT molecular complexity index is 961. The molecule has 1 N–H and O–H groups in total. The molecule has 0 saturated carbocycles. The Labute approximate surface area is 115 Å². The van der Waals surface area contributed by atoms with Crippen molar-refractivity contribution in [3.63, 3.8) is 0 Å². The summed E-state index contributed by atoms with van der Waals surface area (Å²) in [6, 6.07) is 4.01. The summed E-state index contributed by atoms with van der Waals surface area (Å²) in [5, 5.41) is 10.9. The number of hydrogen-bond donors (Lipinski definition) is 1. The van der Waals surface area contributed by atoms with Crippen molar-refractivity contribution in [1.82, 2.24) is 19.5 Å². The number of nitrogens with one attached hydrogen (secondary N) is 1. The molecule has 9 heteroatoms. The second-order valence-corrected chi connectivity index (χ2v) is 4.09. The smallest absolute Gasteiger partial charge is 0.306 e. The summed E-state index contributed by atoms with van der Waals surface area (Å²) in [6.07, 6.45) is 3.91. The molecule has 0 unspecified atom stereocenters. The molecule has 3 aromatic rings. The van der Waals surface area contributed by atoms with Crippen LogP contribution < -0.4 is 11.2 Å². The Morgan fingerprint density at radius 3 is 2.71 bits per heavy atom. The number of benzene rings is 1. The molecule has 0 radical (unpaired) electrons. The first-order valence-electron chi connectivity index (χ1n) is 5.78. The minimum absolute atomic E-state index is 0.0104. The van der Waals surface area contributed by atoms with E-state index in [0.29, 0.717) is 4.57 Å². The molecule has 0 bridgehead atoms. The Morgan fingerprint density at radius 1 is 1.24 bits per heavy atom. The van der Waals surface area contributed by atoms with Crippen LogP contribution in [0.25, 0.3) is 16.7 Å². The molecule has 0 aliphatic heterocycles. The standard InChI is InChI=1S/C12H7N5O4/c18-11-10-7(2-1-3-8(10)17(20)21)15-12(19)16(11)9-6-13-4-5-14-9/h1-6H,(H,15,19). The van der Waals surface area contributed by atoms with Gasteiger partial charge in [-0.05, 0) is 6.07 Å². The molecule has 3 rings (SSSR count). The van der Waals surface area contributed by atoms with E-state index >= 15 is 0 Å². The molecule has 1 aromatic carbocycles. The van der Waals surface area contributed by atoms with Crippen molar-refractivity contribution in [2.75, 3.05) is 0 Å². The fraction of sp³-hybridized carbons (Fsp3) is 0. The van der Waals surface area contributed by atoms with Gasteiger partial charge in [0.25, 0.3) is 11.2 Å². The molecule has 2 heterocycles. The average Bonchev–Trinajstić information content (AvgIpc) is 2.47. The molecule has 104 valence electrons. The summed E-state index contributed by atoms with van der Waals surface area (Å²) in [5.74, 6) is -0.0104. The van der Waals surface area contributed by atoms with Gasteiger partial charge in [0.15, 0.2) is 5.82 Å². The summed E-state index contributed by atoms with van der Waals surface area (Å²) < 4.78 is 0.711. The van der Waals surface area contributed by atoms with E-state index in [0.717, 1.165) is 0 Å². The summed E-state index contributed by atoms with van der Waals surface area (Å²) in [6.45, 7) is 0. The van der Waals surface area contributed by atoms with Crippen LogP contribution in [0, 0.1) is 10.1 Å². The van der Waals surface area contributed by atoms with E-state index in [2.05, 4.69) is 15.0 Å². The fourth-order valence-electron chi connectivity index (χ4n) is 2.01. The number of rotatable bonds is 2. The van der Waals surface area contributed by atoms with Gasteiger partial charge in [0, 0.05) is 18.5 Å². The van der Waals surface area contributed by atoms with Crippen LogP contribution in [0.2, 0.25) is 0 Å². The van der Waals surface area contributed by atoms with Crippen molar-refractivity contribution in [2.45, 2.75) is 0 Å². The van der Waals surface area contributed by atoms with Gasteiger partial charge in [-0.3, -0.25) is 19.9 Å². The topological polar surface area (TPSA) is 124 Å². The molecule has 9 nitrogen and oxygen atoms in total. The van der Waals surface area contributed by atoms with Gasteiger partial charge in [0.1, 0.15) is 5.39 Å². The highest BCUT2D eigenvalue weighted by molar-refractivity contribution is 5.86. The van der Waals surface area contributed by atoms with Gasteiger partial charge in [-0.1, -0.05) is 6.07 Å². The van der Waals surface area contributed by atoms with Crippen molar-refractivity contribution in [3.8, 4) is 5.82 Å². The van der Waals surface area contributed by atoms with E-state index in [1.165, 1.54) is 36.8 Å². The SMILES string of the molecule is O=c1[nH]c2cccc([N+](=O)[O-])c2c(=O)n1-c1cnccn1. The van der Waals surface area contributed by atoms with E-state index in [9.17, 15) is 19.7 Å². The summed E-state index contributed by atoms with van der Waals surface area (Å²) in [5.41, 5.74) is -1.85. The van der Waals surface area contributed by atoms with Crippen LogP contribution in [-0.4, -0.2) is 24.4 Å². The number of aromatic amines is 1. The summed E-state index contributed by atoms with van der Waals surface area (Å²) >= 11 is 0. The lowest BCUT2D eigenvalue weighted by molar-refractivity contribution is -0.383. The van der Waals surface area contributed by atoms with E-state index in [4.69, 9.17) is 0 Å². The molecular weight excluding hydrogens is 278 g/mol. The zero-order chi connectivity index (χ0) is 15.0. The molecule has 0 atom stereocenters. The zero-order valence-corrected chi connectivity index (χ0v) is 10.4. The quantitative estimate of drug-likeness (QED) is 0.536. The lowest BCUT2D eigenvalue weighted by Gasteiger charge is -2.05. The highest BCUT2D eigenvalue weighted by Gasteiger charge is 2.19. The fourth-order valence-corrected chi connectivity index (χ4v) is 2.01. The van der Waals surface area contributed by atoms with Crippen LogP contribution in [0.5, 0.6) is 0 Å². The first-order valence-corrected chi connectivity index (χ1v) is 5.78. The predicted molar refractivity (Wildman–Crippen MR) is 72.4 cm³/mol. The molecule has 0 fully saturated rings. The van der Waals surface area contributed by atoms with Crippen LogP contribution in [0.4, 0.5) is 5.69 Å². The molecule has 2 aromatic heterocycles. The van der Waals surface area contributed by atoms with Crippen LogP contribution >= 0.6 is 0 Å². The van der Waals surface area contributed by atoms with E-state index in [-0.39, 0.29) is 22.4 Å². The maximum atomic E-state index is 12.4. The van der Waals surface area contributed by atoms with Gasteiger partial charge in [0.2, 0.25) is 0 Å². The first-order chi connectivity index (χ1) is 10.1. The van der Waals surface area contributed by atoms with E-state index in [1.54, 1.807) is 0 Å². The van der Waals surface area contributed by atoms with E-state index in [1.807, 2.05) is 0 Å². The van der Waals surface area contributed by atoms with Crippen LogP contribution in [0.3, 0.4) is 0 Å². The number of aromatic nitrogens is 4. The molecule has 0 spiro atoms. The number of nitro benzene ring substituents is 1. The van der Waals surface area contributed by atoms with Gasteiger partial charge in [0.05, 0.1) is 16.6 Å². The lowest BCUT2D eigenvalue weighted by Crippen LogP contribution is -2.34. The predicted octanol–water partition coefficient (Wildman–Crippen LogP) is 0.377. The minimum atomic E-state index is -0.818. The Morgan fingerprint density at radius 2 is 2.05 bits per heavy atom. The van der Waals surface area contributed by atoms with Gasteiger partial charge < -0.3 is 4.98 Å². The van der Waals surface area contributed by atoms with Crippen molar-refractivity contribution in [1.29, 1.82) is 0 Å². The molecule has 0 aliphatic rings. The maximum Gasteiger partial charge on any atom is 0.334 e. The minimum Gasteiger partial charge on any atom is -0.306 e. The maximum absolute atomic E-state index is 12.4. The number of H-pyrrole nitrogens is 1. The normalized spacial score (nSPS) is 10.7. The van der Waals surface area contributed by atoms with Crippen molar-refractivity contribution in [2.24, 2.45) is 0 Å². The number of fused-ring (bicyclic) bond motifs is 1. The van der Waals surface area contributed by atoms with Gasteiger partial charge >= 0.3 is 5.69 Å². The lowest BCUT2D eigenvalue weighted by atomic mass is 10.2. The largest absolute Gasteiger partial charge is 0.334 e. The third-order valence-electron chi connectivity index (χ3n) is 2.88. The van der Waals surface area contributed by atoms with Crippen molar-refractivity contribution in [3.05, 3.63) is 67.7 Å². The number of nitro groups is 1. The highest BCUT2D eigenvalue weighted by Crippen LogP contribution is 2.19. The average molecular weight is 285 g/mol. The first kappa shape index (κ1) is 12.7. The zero-order valence-electron chi connectivity index (χ0n) is 10.4. The van der Waals surface area contributed by atoms with Crippen LogP contribution in [-0.2, 0) is 0 Å². The summed E-state index contributed by atoms with van der Waals surface area (Å²) in [4.78, 5) is 44.9. The van der Waals surface area contributed by atoms with Gasteiger partial charge in [-0.15, -0.1) is 0 Å². The molecular formula is C12H7N5O4. The van der Waals surface area contributed by atoms with E-state index < -0.39 is 16.2 Å². The molecule has 0 amide bonds. The number of non-ortho nitro benzene ring substituents is 1. The van der Waals surface area contributed by atoms with Gasteiger partial charge in [-0.25, -0.2) is 14.3 Å². The number of hydrogen-bond acceptors (Lipinski definition) is 6. The third kappa shape index (κ3) is 1.96. The van der Waals surface area contributed by atoms with Crippen molar-refractivity contribution < 1.29 is 4.92 Å². The molecule has 0 saturated heterocycles. The Hall–Kier alpha value is -3.36. The molecule has 0 aliphatic carbocycles. The second-order valence-electron chi connectivity index (χ2n) is 4.09. The van der Waals surface area contributed by atoms with Gasteiger partial charge in [-0.2, -0.15) is 0 Å². The Balaban J connectivity index is 2.49. The van der Waals surface area contributed by atoms with Crippen molar-refractivity contribution >= 4 is 16.6 Å². The monoisotopic (exact) mass is 285 g/mol.